The molecule has 1 atom stereocenters. The lowest BCUT2D eigenvalue weighted by molar-refractivity contribution is -0.141. The molecule has 0 aromatic carbocycles. The summed E-state index contributed by atoms with van der Waals surface area (Å²) in [6, 6.07) is 1.72. The van der Waals surface area contributed by atoms with Crippen LogP contribution in [0.5, 0.6) is 0 Å². The fourth-order valence-electron chi connectivity index (χ4n) is 2.56. The molecule has 118 valence electrons. The van der Waals surface area contributed by atoms with Crippen molar-refractivity contribution < 1.29 is 23.1 Å². The molecule has 1 aromatic heterocycles. The fraction of sp³-hybridized carbons (Fsp3) is 0.643. The van der Waals surface area contributed by atoms with Crippen molar-refractivity contribution in [1.82, 2.24) is 4.90 Å². The molecule has 1 heterocycles. The summed E-state index contributed by atoms with van der Waals surface area (Å²) in [5.74, 6) is -0.104. The number of aliphatic hydroxyl groups is 1. The van der Waals surface area contributed by atoms with Crippen molar-refractivity contribution in [2.45, 2.75) is 32.4 Å². The van der Waals surface area contributed by atoms with Crippen LogP contribution in [0, 0.1) is 5.92 Å². The zero-order valence-electron chi connectivity index (χ0n) is 11.7. The number of aryl methyl sites for hydroxylation is 1. The minimum Gasteiger partial charge on any atom is -0.395 e. The molecule has 1 aromatic rings. The van der Waals surface area contributed by atoms with E-state index < -0.39 is 25.2 Å². The summed E-state index contributed by atoms with van der Waals surface area (Å²) in [7, 11) is 0. The van der Waals surface area contributed by atoms with Crippen LogP contribution in [0.4, 0.5) is 13.2 Å². The van der Waals surface area contributed by atoms with Gasteiger partial charge in [0.25, 0.3) is 5.91 Å². The van der Waals surface area contributed by atoms with Gasteiger partial charge in [0.1, 0.15) is 6.54 Å². The van der Waals surface area contributed by atoms with Crippen LogP contribution in [-0.4, -0.2) is 41.8 Å². The third kappa shape index (κ3) is 4.20. The lowest BCUT2D eigenvalue weighted by Gasteiger charge is -2.22. The van der Waals surface area contributed by atoms with E-state index in [-0.39, 0.29) is 6.54 Å². The number of hydrogen-bond donors (Lipinski definition) is 1. The van der Waals surface area contributed by atoms with Crippen LogP contribution in [0.2, 0.25) is 0 Å². The molecule has 2 rings (SSSR count). The molecule has 0 bridgehead atoms. The first kappa shape index (κ1) is 16.3. The third-order valence-electron chi connectivity index (χ3n) is 3.57. The molecular weight excluding hydrogens is 303 g/mol. The van der Waals surface area contributed by atoms with E-state index in [1.165, 1.54) is 11.3 Å². The Balaban J connectivity index is 2.17. The van der Waals surface area contributed by atoms with E-state index in [1.54, 1.807) is 6.07 Å². The second-order valence-electron chi connectivity index (χ2n) is 5.47. The highest BCUT2D eigenvalue weighted by atomic mass is 32.1. The van der Waals surface area contributed by atoms with Crippen LogP contribution in [0.3, 0.4) is 0 Å². The van der Waals surface area contributed by atoms with Crippen LogP contribution in [0.1, 0.15) is 33.5 Å². The molecule has 1 aliphatic rings. The number of thiophene rings is 1. The lowest BCUT2D eigenvalue weighted by atomic mass is 9.90. The van der Waals surface area contributed by atoms with Gasteiger partial charge < -0.3 is 10.0 Å². The lowest BCUT2D eigenvalue weighted by Crippen LogP contribution is -2.40. The molecule has 1 amide bonds. The monoisotopic (exact) mass is 321 g/mol. The summed E-state index contributed by atoms with van der Waals surface area (Å²) in [6.07, 6.45) is -1.66. The summed E-state index contributed by atoms with van der Waals surface area (Å²) in [5.41, 5.74) is 1.08. The van der Waals surface area contributed by atoms with Crippen LogP contribution in [-0.2, 0) is 12.8 Å². The number of carbonyl (C=O) groups is 1. The van der Waals surface area contributed by atoms with Crippen molar-refractivity contribution in [2.24, 2.45) is 5.92 Å². The Bertz CT molecular complexity index is 513. The Morgan fingerprint density at radius 3 is 2.86 bits per heavy atom. The third-order valence-corrected chi connectivity index (χ3v) is 4.79. The van der Waals surface area contributed by atoms with Crippen LogP contribution >= 0.6 is 11.3 Å². The molecule has 1 unspecified atom stereocenters. The molecule has 0 fully saturated rings. The average molecular weight is 321 g/mol. The van der Waals surface area contributed by atoms with E-state index in [1.807, 2.05) is 0 Å². The quantitative estimate of drug-likeness (QED) is 0.926. The molecular formula is C14H18F3NO2S. The number of carbonyl (C=O) groups excluding carboxylic acids is 1. The highest BCUT2D eigenvalue weighted by molar-refractivity contribution is 7.14. The van der Waals surface area contributed by atoms with E-state index in [0.717, 1.165) is 29.7 Å². The van der Waals surface area contributed by atoms with E-state index in [4.69, 9.17) is 5.11 Å². The second kappa shape index (κ2) is 6.36. The predicted molar refractivity (Wildman–Crippen MR) is 74.6 cm³/mol. The summed E-state index contributed by atoms with van der Waals surface area (Å²) >= 11 is 1.29. The summed E-state index contributed by atoms with van der Waals surface area (Å²) in [4.78, 5) is 14.3. The summed E-state index contributed by atoms with van der Waals surface area (Å²) in [5, 5.41) is 8.87. The Morgan fingerprint density at radius 1 is 1.52 bits per heavy atom. The van der Waals surface area contributed by atoms with E-state index in [9.17, 15) is 18.0 Å². The van der Waals surface area contributed by atoms with Gasteiger partial charge in [0, 0.05) is 11.4 Å². The first-order valence-corrected chi connectivity index (χ1v) is 7.70. The Kier molecular flexibility index (Phi) is 4.93. The van der Waals surface area contributed by atoms with Gasteiger partial charge in [-0.2, -0.15) is 13.2 Å². The van der Waals surface area contributed by atoms with E-state index in [0.29, 0.717) is 15.7 Å². The predicted octanol–water partition coefficient (Wildman–Crippen LogP) is 2.87. The molecule has 0 spiro atoms. The highest BCUT2D eigenvalue weighted by Gasteiger charge is 2.34. The molecule has 0 saturated heterocycles. The highest BCUT2D eigenvalue weighted by Crippen LogP contribution is 2.33. The van der Waals surface area contributed by atoms with Gasteiger partial charge in [0.2, 0.25) is 0 Å². The van der Waals surface area contributed by atoms with Gasteiger partial charge in [-0.1, -0.05) is 6.92 Å². The maximum Gasteiger partial charge on any atom is 0.406 e. The van der Waals surface area contributed by atoms with E-state index in [2.05, 4.69) is 6.92 Å². The first-order valence-electron chi connectivity index (χ1n) is 6.88. The number of nitrogens with zero attached hydrogens (tertiary/aromatic N) is 1. The van der Waals surface area contributed by atoms with Gasteiger partial charge in [-0.25, -0.2) is 0 Å². The topological polar surface area (TPSA) is 40.5 Å². The zero-order valence-corrected chi connectivity index (χ0v) is 12.6. The normalized spacial score (nSPS) is 18.4. The van der Waals surface area contributed by atoms with Gasteiger partial charge in [0.05, 0.1) is 11.5 Å². The molecule has 1 N–H and O–H groups in total. The van der Waals surface area contributed by atoms with Crippen molar-refractivity contribution in [3.8, 4) is 0 Å². The maximum atomic E-state index is 12.5. The van der Waals surface area contributed by atoms with Gasteiger partial charge in [-0.3, -0.25) is 4.79 Å². The van der Waals surface area contributed by atoms with Crippen molar-refractivity contribution in [3.63, 3.8) is 0 Å². The molecule has 21 heavy (non-hydrogen) atoms. The molecule has 7 heteroatoms. The number of hydrogen-bond acceptors (Lipinski definition) is 3. The number of rotatable bonds is 4. The Morgan fingerprint density at radius 2 is 2.24 bits per heavy atom. The smallest absolute Gasteiger partial charge is 0.395 e. The zero-order chi connectivity index (χ0) is 15.6. The minimum atomic E-state index is -4.46. The van der Waals surface area contributed by atoms with Crippen molar-refractivity contribution in [3.05, 3.63) is 21.4 Å². The number of alkyl halides is 3. The molecule has 3 nitrogen and oxygen atoms in total. The average Bonchev–Trinajstić information content (AvgIpc) is 2.78. The largest absolute Gasteiger partial charge is 0.406 e. The van der Waals surface area contributed by atoms with E-state index >= 15 is 0 Å². The summed E-state index contributed by atoms with van der Waals surface area (Å²) in [6.45, 7) is 0.0104. The molecule has 1 aliphatic carbocycles. The van der Waals surface area contributed by atoms with Gasteiger partial charge in [-0.05, 0) is 36.8 Å². The van der Waals surface area contributed by atoms with Gasteiger partial charge in [-0.15, -0.1) is 11.3 Å². The van der Waals surface area contributed by atoms with Crippen LogP contribution in [0.15, 0.2) is 6.07 Å². The second-order valence-corrected chi connectivity index (χ2v) is 6.61. The van der Waals surface area contributed by atoms with Crippen molar-refractivity contribution in [1.29, 1.82) is 0 Å². The number of aliphatic hydroxyl groups excluding tert-OH is 1. The maximum absolute atomic E-state index is 12.5. The Labute approximate surface area is 125 Å². The Hall–Kier alpha value is -1.08. The summed E-state index contributed by atoms with van der Waals surface area (Å²) < 4.78 is 37.5. The number of amides is 1. The number of halogens is 3. The SMILES string of the molecule is CC1CCc2sc(C(=O)N(CCO)CC(F)(F)F)cc2C1. The molecule has 0 aliphatic heterocycles. The minimum absolute atomic E-state index is 0.308. The first-order chi connectivity index (χ1) is 9.80. The molecule has 0 saturated carbocycles. The standard InChI is InChI=1S/C14H18F3NO2S/c1-9-2-3-11-10(6-9)7-12(21-11)13(20)18(4-5-19)8-14(15,16)17/h7,9,19H,2-6,8H2,1H3. The van der Waals surface area contributed by atoms with Gasteiger partial charge >= 0.3 is 6.18 Å². The van der Waals surface area contributed by atoms with Gasteiger partial charge in [0.15, 0.2) is 0 Å². The van der Waals surface area contributed by atoms with Crippen molar-refractivity contribution >= 4 is 17.2 Å². The van der Waals surface area contributed by atoms with Crippen molar-refractivity contribution in [2.75, 3.05) is 19.7 Å². The van der Waals surface area contributed by atoms with Crippen LogP contribution < -0.4 is 0 Å². The van der Waals surface area contributed by atoms with Crippen LogP contribution in [0.25, 0.3) is 0 Å². The number of fused-ring (bicyclic) bond motifs is 1. The molecule has 0 radical (unpaired) electrons. The fourth-order valence-corrected chi connectivity index (χ4v) is 3.73.